The highest BCUT2D eigenvalue weighted by Gasteiger charge is 2.17. The Balaban J connectivity index is 1.26. The second-order valence-corrected chi connectivity index (χ2v) is 8.05. The molecule has 0 unspecified atom stereocenters. The lowest BCUT2D eigenvalue weighted by Crippen LogP contribution is -2.45. The van der Waals surface area contributed by atoms with E-state index < -0.39 is 0 Å². The van der Waals surface area contributed by atoms with Crippen molar-refractivity contribution in [1.29, 1.82) is 0 Å². The summed E-state index contributed by atoms with van der Waals surface area (Å²) in [5.74, 6) is 1.91. The van der Waals surface area contributed by atoms with Crippen LogP contribution in [-0.2, 0) is 13.1 Å². The Kier molecular flexibility index (Phi) is 7.04. The molecule has 0 amide bonds. The number of piperazine rings is 1. The van der Waals surface area contributed by atoms with Crippen molar-refractivity contribution in [2.75, 3.05) is 51.7 Å². The average Bonchev–Trinajstić information content (AvgIpc) is 3.22. The van der Waals surface area contributed by atoms with Crippen LogP contribution in [0.5, 0.6) is 0 Å². The van der Waals surface area contributed by atoms with Crippen LogP contribution in [0.3, 0.4) is 0 Å². The van der Waals surface area contributed by atoms with Crippen LogP contribution in [-0.4, -0.2) is 67.2 Å². The first-order valence-electron chi connectivity index (χ1n) is 11.1. The summed E-state index contributed by atoms with van der Waals surface area (Å²) in [5.41, 5.74) is 2.49. The van der Waals surface area contributed by atoms with Crippen LogP contribution in [0.15, 0.2) is 59.9 Å². The van der Waals surface area contributed by atoms with Gasteiger partial charge in [-0.1, -0.05) is 24.3 Å². The minimum atomic E-state index is 0.706. The van der Waals surface area contributed by atoms with Gasteiger partial charge in [0.2, 0.25) is 0 Å². The molecule has 1 fully saturated rings. The maximum absolute atomic E-state index is 4.66. The van der Waals surface area contributed by atoms with Gasteiger partial charge in [-0.15, -0.1) is 0 Å². The first-order chi connectivity index (χ1) is 15.2. The summed E-state index contributed by atoms with van der Waals surface area (Å²) in [6.07, 6.45) is 5.08. The van der Waals surface area contributed by atoms with Gasteiger partial charge < -0.3 is 25.0 Å². The summed E-state index contributed by atoms with van der Waals surface area (Å²) < 4.78 is 2.31. The molecule has 7 nitrogen and oxygen atoms in total. The Morgan fingerprint density at radius 3 is 2.71 bits per heavy atom. The zero-order valence-electron chi connectivity index (χ0n) is 18.6. The summed E-state index contributed by atoms with van der Waals surface area (Å²) in [6, 6.07) is 14.8. The highest BCUT2D eigenvalue weighted by molar-refractivity contribution is 5.80. The molecule has 1 aliphatic heterocycles. The van der Waals surface area contributed by atoms with E-state index in [1.54, 1.807) is 0 Å². The minimum Gasteiger partial charge on any atom is -0.356 e. The monoisotopic (exact) mass is 419 g/mol. The third-order valence-corrected chi connectivity index (χ3v) is 5.89. The number of rotatable bonds is 7. The molecule has 0 aliphatic carbocycles. The summed E-state index contributed by atoms with van der Waals surface area (Å²) >= 11 is 0. The van der Waals surface area contributed by atoms with Gasteiger partial charge in [0.25, 0.3) is 0 Å². The molecule has 0 spiro atoms. The Morgan fingerprint density at radius 1 is 1.03 bits per heavy atom. The Bertz CT molecular complexity index is 1000. The highest BCUT2D eigenvalue weighted by Crippen LogP contribution is 2.18. The van der Waals surface area contributed by atoms with Gasteiger partial charge in [0.05, 0.1) is 0 Å². The molecule has 3 aromatic rings. The van der Waals surface area contributed by atoms with Crippen molar-refractivity contribution in [3.8, 4) is 0 Å². The predicted octanol–water partition coefficient (Wildman–Crippen LogP) is 2.54. The molecule has 2 N–H and O–H groups in total. The standard InChI is InChI=1S/C24H33N7/c1-25-24(27-12-6-13-30-14-10-20-7-3-4-9-22(20)30)28-19-21-8-5-11-26-23(21)31-17-15-29(2)16-18-31/h3-5,7-11,14H,6,12-13,15-19H2,1-2H3,(H2,25,27,28). The van der Waals surface area contributed by atoms with E-state index in [1.807, 2.05) is 19.3 Å². The Morgan fingerprint density at radius 2 is 1.87 bits per heavy atom. The number of hydrogen-bond donors (Lipinski definition) is 2. The van der Waals surface area contributed by atoms with Gasteiger partial charge in [-0.2, -0.15) is 0 Å². The highest BCUT2D eigenvalue weighted by atomic mass is 15.3. The Hall–Kier alpha value is -3.06. The zero-order chi connectivity index (χ0) is 21.5. The summed E-state index contributed by atoms with van der Waals surface area (Å²) in [5, 5.41) is 8.18. The number of benzene rings is 1. The number of para-hydroxylation sites is 1. The lowest BCUT2D eigenvalue weighted by Gasteiger charge is -2.34. The molecule has 0 atom stereocenters. The number of pyridine rings is 1. The van der Waals surface area contributed by atoms with E-state index in [9.17, 15) is 0 Å². The van der Waals surface area contributed by atoms with E-state index in [0.717, 1.165) is 57.5 Å². The van der Waals surface area contributed by atoms with Gasteiger partial charge in [0.15, 0.2) is 5.96 Å². The van der Waals surface area contributed by atoms with Crippen molar-refractivity contribution in [3.63, 3.8) is 0 Å². The largest absolute Gasteiger partial charge is 0.356 e. The molecule has 2 aromatic heterocycles. The maximum atomic E-state index is 4.66. The molecule has 0 bridgehead atoms. The smallest absolute Gasteiger partial charge is 0.191 e. The van der Waals surface area contributed by atoms with Gasteiger partial charge in [-0.25, -0.2) is 4.98 Å². The summed E-state index contributed by atoms with van der Waals surface area (Å²) in [4.78, 5) is 13.8. The van der Waals surface area contributed by atoms with Crippen molar-refractivity contribution in [3.05, 3.63) is 60.4 Å². The van der Waals surface area contributed by atoms with Gasteiger partial charge in [-0.3, -0.25) is 4.99 Å². The van der Waals surface area contributed by atoms with Crippen LogP contribution in [0.1, 0.15) is 12.0 Å². The first-order valence-corrected chi connectivity index (χ1v) is 11.1. The van der Waals surface area contributed by atoms with Crippen molar-refractivity contribution >= 4 is 22.7 Å². The molecule has 0 radical (unpaired) electrons. The molecule has 1 aromatic carbocycles. The number of likely N-dealkylation sites (N-methyl/N-ethyl adjacent to an activating group) is 1. The SMILES string of the molecule is CN=C(NCCCn1ccc2ccccc21)NCc1cccnc1N1CCN(C)CC1. The van der Waals surface area contributed by atoms with E-state index in [0.29, 0.717) is 6.54 Å². The average molecular weight is 420 g/mol. The van der Waals surface area contributed by atoms with E-state index in [2.05, 4.69) is 84.6 Å². The van der Waals surface area contributed by atoms with Crippen LogP contribution < -0.4 is 15.5 Å². The normalized spacial score (nSPS) is 15.4. The quantitative estimate of drug-likeness (QED) is 0.350. The number of aryl methyl sites for hydroxylation is 1. The molecular formula is C24H33N7. The molecular weight excluding hydrogens is 386 g/mol. The fourth-order valence-corrected chi connectivity index (χ4v) is 4.06. The van der Waals surface area contributed by atoms with Crippen LogP contribution in [0.4, 0.5) is 5.82 Å². The van der Waals surface area contributed by atoms with Gasteiger partial charge in [-0.05, 0) is 37.1 Å². The first kappa shape index (κ1) is 21.2. The number of aromatic nitrogens is 2. The number of fused-ring (bicyclic) bond motifs is 1. The predicted molar refractivity (Wildman–Crippen MR) is 129 cm³/mol. The fraction of sp³-hybridized carbons (Fsp3) is 0.417. The van der Waals surface area contributed by atoms with Crippen molar-refractivity contribution in [1.82, 2.24) is 25.1 Å². The van der Waals surface area contributed by atoms with Crippen molar-refractivity contribution < 1.29 is 0 Å². The third kappa shape index (κ3) is 5.35. The molecule has 1 saturated heterocycles. The number of hydrogen-bond acceptors (Lipinski definition) is 4. The number of guanidine groups is 1. The van der Waals surface area contributed by atoms with Crippen LogP contribution in [0, 0.1) is 0 Å². The van der Waals surface area contributed by atoms with E-state index in [1.165, 1.54) is 16.5 Å². The zero-order valence-corrected chi connectivity index (χ0v) is 18.6. The van der Waals surface area contributed by atoms with Crippen LogP contribution >= 0.6 is 0 Å². The van der Waals surface area contributed by atoms with E-state index in [4.69, 9.17) is 0 Å². The summed E-state index contributed by atoms with van der Waals surface area (Å²) in [6.45, 7) is 6.73. The maximum Gasteiger partial charge on any atom is 0.191 e. The molecule has 3 heterocycles. The molecule has 31 heavy (non-hydrogen) atoms. The minimum absolute atomic E-state index is 0.706. The topological polar surface area (TPSA) is 60.7 Å². The molecule has 0 saturated carbocycles. The van der Waals surface area contributed by atoms with Crippen molar-refractivity contribution in [2.45, 2.75) is 19.5 Å². The fourth-order valence-electron chi connectivity index (χ4n) is 4.06. The Labute approximate surface area is 184 Å². The lowest BCUT2D eigenvalue weighted by atomic mass is 10.2. The summed E-state index contributed by atoms with van der Waals surface area (Å²) in [7, 11) is 3.99. The number of aliphatic imine (C=N–C) groups is 1. The van der Waals surface area contributed by atoms with E-state index in [-0.39, 0.29) is 0 Å². The molecule has 4 rings (SSSR count). The van der Waals surface area contributed by atoms with Gasteiger partial charge >= 0.3 is 0 Å². The molecule has 1 aliphatic rings. The van der Waals surface area contributed by atoms with E-state index >= 15 is 0 Å². The van der Waals surface area contributed by atoms with Gasteiger partial charge in [0, 0.05) is 76.3 Å². The van der Waals surface area contributed by atoms with Crippen LogP contribution in [0.2, 0.25) is 0 Å². The van der Waals surface area contributed by atoms with Crippen molar-refractivity contribution in [2.24, 2.45) is 4.99 Å². The molecule has 164 valence electrons. The second-order valence-electron chi connectivity index (χ2n) is 8.05. The van der Waals surface area contributed by atoms with Crippen LogP contribution in [0.25, 0.3) is 10.9 Å². The second kappa shape index (κ2) is 10.3. The van der Waals surface area contributed by atoms with Gasteiger partial charge in [0.1, 0.15) is 5.82 Å². The lowest BCUT2D eigenvalue weighted by molar-refractivity contribution is 0.312. The number of nitrogens with zero attached hydrogens (tertiary/aromatic N) is 5. The third-order valence-electron chi connectivity index (χ3n) is 5.89. The number of nitrogens with one attached hydrogen (secondary N) is 2. The number of anilines is 1. The molecule has 7 heteroatoms.